The Morgan fingerprint density at radius 2 is 1.80 bits per heavy atom. The second-order valence-electron chi connectivity index (χ2n) is 7.41. The number of benzene rings is 1. The predicted molar refractivity (Wildman–Crippen MR) is 117 cm³/mol. The molecule has 3 rings (SSSR count). The summed E-state index contributed by atoms with van der Waals surface area (Å²) >= 11 is 1.34. The number of aryl methyl sites for hydroxylation is 2. The van der Waals surface area contributed by atoms with Gasteiger partial charge in [0.1, 0.15) is 17.4 Å². The molecule has 1 aromatic carbocycles. The van der Waals surface area contributed by atoms with Crippen molar-refractivity contribution in [3.05, 3.63) is 34.8 Å². The van der Waals surface area contributed by atoms with Crippen LogP contribution in [0.1, 0.15) is 29.8 Å². The number of piperazine rings is 1. The number of carbonyl (C=O) groups is 2. The van der Waals surface area contributed by atoms with Gasteiger partial charge in [-0.05, 0) is 32.4 Å². The molecule has 1 aromatic heterocycles. The number of amides is 2. The molecule has 1 fully saturated rings. The Morgan fingerprint density at radius 3 is 2.47 bits per heavy atom. The van der Waals surface area contributed by atoms with Gasteiger partial charge in [-0.1, -0.05) is 29.0 Å². The monoisotopic (exact) mass is 431 g/mol. The second-order valence-corrected chi connectivity index (χ2v) is 8.59. The Kier molecular flexibility index (Phi) is 8.15. The molecule has 1 aliphatic heterocycles. The number of anilines is 1. The van der Waals surface area contributed by atoms with Crippen LogP contribution >= 0.6 is 11.3 Å². The van der Waals surface area contributed by atoms with Crippen molar-refractivity contribution in [2.75, 3.05) is 44.6 Å². The van der Waals surface area contributed by atoms with Gasteiger partial charge >= 0.3 is 0 Å². The zero-order valence-corrected chi connectivity index (χ0v) is 18.4. The average Bonchev–Trinajstić information content (AvgIpc) is 3.14. The van der Waals surface area contributed by atoms with E-state index >= 15 is 0 Å². The van der Waals surface area contributed by atoms with E-state index in [4.69, 9.17) is 4.74 Å². The van der Waals surface area contributed by atoms with Crippen LogP contribution in [0.25, 0.3) is 0 Å². The molecule has 0 radical (unpaired) electrons. The van der Waals surface area contributed by atoms with Crippen molar-refractivity contribution in [1.82, 2.24) is 20.0 Å². The van der Waals surface area contributed by atoms with Gasteiger partial charge in [0.25, 0.3) is 0 Å². The van der Waals surface area contributed by atoms with Crippen LogP contribution in [0.5, 0.6) is 5.75 Å². The molecule has 0 bridgehead atoms. The maximum absolute atomic E-state index is 12.4. The van der Waals surface area contributed by atoms with E-state index in [0.29, 0.717) is 31.0 Å². The molecule has 1 saturated heterocycles. The molecule has 1 N–H and O–H groups in total. The zero-order chi connectivity index (χ0) is 21.3. The molecule has 2 aromatic rings. The van der Waals surface area contributed by atoms with Crippen LogP contribution in [0.3, 0.4) is 0 Å². The second kappa shape index (κ2) is 11.0. The lowest BCUT2D eigenvalue weighted by atomic mass is 10.2. The van der Waals surface area contributed by atoms with E-state index in [1.807, 2.05) is 36.1 Å². The summed E-state index contributed by atoms with van der Waals surface area (Å²) in [6.45, 7) is 8.52. The summed E-state index contributed by atoms with van der Waals surface area (Å²) in [6, 6.07) is 8.06. The lowest BCUT2D eigenvalue weighted by molar-refractivity contribution is -0.133. The van der Waals surface area contributed by atoms with Crippen LogP contribution in [0.2, 0.25) is 0 Å². The third-order valence-corrected chi connectivity index (χ3v) is 5.74. The molecule has 2 heterocycles. The summed E-state index contributed by atoms with van der Waals surface area (Å²) in [5.74, 6) is 0.877. The Hall–Kier alpha value is -2.52. The quantitative estimate of drug-likeness (QED) is 0.656. The molecule has 30 heavy (non-hydrogen) atoms. The minimum absolute atomic E-state index is 0.116. The fraction of sp³-hybridized carbons (Fsp3) is 0.524. The van der Waals surface area contributed by atoms with E-state index in [0.717, 1.165) is 43.5 Å². The van der Waals surface area contributed by atoms with Gasteiger partial charge in [-0.3, -0.25) is 14.5 Å². The van der Waals surface area contributed by atoms with Gasteiger partial charge in [0.05, 0.1) is 0 Å². The van der Waals surface area contributed by atoms with E-state index in [9.17, 15) is 9.59 Å². The van der Waals surface area contributed by atoms with E-state index in [1.165, 1.54) is 16.9 Å². The molecular formula is C21H29N5O3S. The standard InChI is InChI=1S/C21H29N5O3S/c1-16-6-8-18(9-7-16)29-15-14-25-10-12-26(13-11-25)20(28)5-3-4-19(27)22-21-24-23-17(2)30-21/h6-9H,3-5,10-15H2,1-2H3,(H,22,24,27). The van der Waals surface area contributed by atoms with Crippen molar-refractivity contribution in [3.8, 4) is 5.75 Å². The van der Waals surface area contributed by atoms with Crippen molar-refractivity contribution in [2.45, 2.75) is 33.1 Å². The zero-order valence-electron chi connectivity index (χ0n) is 17.6. The number of rotatable bonds is 9. The van der Waals surface area contributed by atoms with Gasteiger partial charge in [-0.15, -0.1) is 10.2 Å². The van der Waals surface area contributed by atoms with E-state index in [1.54, 1.807) is 0 Å². The molecule has 0 unspecified atom stereocenters. The highest BCUT2D eigenvalue weighted by Gasteiger charge is 2.21. The Bertz CT molecular complexity index is 831. The van der Waals surface area contributed by atoms with Crippen LogP contribution in [0.15, 0.2) is 24.3 Å². The molecule has 0 saturated carbocycles. The first-order valence-corrected chi connectivity index (χ1v) is 11.1. The highest BCUT2D eigenvalue weighted by Crippen LogP contribution is 2.15. The molecule has 162 valence electrons. The predicted octanol–water partition coefficient (Wildman–Crippen LogP) is 2.49. The first-order valence-electron chi connectivity index (χ1n) is 10.3. The van der Waals surface area contributed by atoms with Crippen molar-refractivity contribution in [2.24, 2.45) is 0 Å². The lowest BCUT2D eigenvalue weighted by Crippen LogP contribution is -2.49. The first kappa shape index (κ1) is 22.2. The van der Waals surface area contributed by atoms with Gasteiger partial charge in [0.2, 0.25) is 16.9 Å². The van der Waals surface area contributed by atoms with Gasteiger partial charge in [-0.2, -0.15) is 0 Å². The van der Waals surface area contributed by atoms with Crippen molar-refractivity contribution in [3.63, 3.8) is 0 Å². The van der Waals surface area contributed by atoms with E-state index < -0.39 is 0 Å². The minimum atomic E-state index is -0.127. The van der Waals surface area contributed by atoms with Gasteiger partial charge in [0, 0.05) is 45.6 Å². The average molecular weight is 432 g/mol. The summed E-state index contributed by atoms with van der Waals surface area (Å²) in [6.07, 6.45) is 1.23. The highest BCUT2D eigenvalue weighted by molar-refractivity contribution is 7.15. The summed E-state index contributed by atoms with van der Waals surface area (Å²) in [5, 5.41) is 11.8. The topological polar surface area (TPSA) is 87.7 Å². The Morgan fingerprint density at radius 1 is 1.07 bits per heavy atom. The lowest BCUT2D eigenvalue weighted by Gasteiger charge is -2.34. The number of ether oxygens (including phenoxy) is 1. The number of hydrogen-bond acceptors (Lipinski definition) is 7. The summed E-state index contributed by atoms with van der Waals surface area (Å²) in [5.41, 5.74) is 1.22. The fourth-order valence-electron chi connectivity index (χ4n) is 3.24. The maximum atomic E-state index is 12.4. The largest absolute Gasteiger partial charge is 0.492 e. The minimum Gasteiger partial charge on any atom is -0.492 e. The molecular weight excluding hydrogens is 402 g/mol. The number of nitrogens with one attached hydrogen (secondary N) is 1. The molecule has 0 spiro atoms. The van der Waals surface area contributed by atoms with E-state index in [2.05, 4.69) is 27.3 Å². The summed E-state index contributed by atoms with van der Waals surface area (Å²) in [7, 11) is 0. The Labute approximate surface area is 181 Å². The van der Waals surface area contributed by atoms with E-state index in [-0.39, 0.29) is 11.8 Å². The van der Waals surface area contributed by atoms with Crippen LogP contribution in [0.4, 0.5) is 5.13 Å². The maximum Gasteiger partial charge on any atom is 0.226 e. The number of carbonyl (C=O) groups excluding carboxylic acids is 2. The molecule has 8 nitrogen and oxygen atoms in total. The third kappa shape index (κ3) is 7.07. The molecule has 9 heteroatoms. The van der Waals surface area contributed by atoms with Gasteiger partial charge in [-0.25, -0.2) is 0 Å². The SMILES string of the molecule is Cc1ccc(OCCN2CCN(C(=O)CCCC(=O)Nc3nnc(C)s3)CC2)cc1. The van der Waals surface area contributed by atoms with Crippen LogP contribution < -0.4 is 10.1 Å². The number of nitrogens with zero attached hydrogens (tertiary/aromatic N) is 4. The smallest absolute Gasteiger partial charge is 0.226 e. The van der Waals surface area contributed by atoms with Crippen molar-refractivity contribution < 1.29 is 14.3 Å². The van der Waals surface area contributed by atoms with Crippen LogP contribution in [-0.2, 0) is 9.59 Å². The normalized spacial score (nSPS) is 14.5. The van der Waals surface area contributed by atoms with Gasteiger partial charge < -0.3 is 15.0 Å². The molecule has 0 aliphatic carbocycles. The highest BCUT2D eigenvalue weighted by atomic mass is 32.1. The number of aromatic nitrogens is 2. The fourth-order valence-corrected chi connectivity index (χ4v) is 3.84. The summed E-state index contributed by atoms with van der Waals surface area (Å²) < 4.78 is 5.79. The van der Waals surface area contributed by atoms with Crippen LogP contribution in [-0.4, -0.2) is 71.1 Å². The molecule has 2 amide bonds. The van der Waals surface area contributed by atoms with Gasteiger partial charge in [0.15, 0.2) is 0 Å². The van der Waals surface area contributed by atoms with Crippen LogP contribution in [0, 0.1) is 13.8 Å². The van der Waals surface area contributed by atoms with Crippen molar-refractivity contribution >= 4 is 28.3 Å². The number of hydrogen-bond donors (Lipinski definition) is 1. The molecule has 0 atom stereocenters. The van der Waals surface area contributed by atoms with Crippen molar-refractivity contribution in [1.29, 1.82) is 0 Å². The molecule has 1 aliphatic rings. The third-order valence-electron chi connectivity index (χ3n) is 4.99. The Balaban J connectivity index is 1.27. The first-order chi connectivity index (χ1) is 14.5. The summed E-state index contributed by atoms with van der Waals surface area (Å²) in [4.78, 5) is 28.5.